The quantitative estimate of drug-likeness (QED) is 0.540. The van der Waals surface area contributed by atoms with E-state index < -0.39 is 17.5 Å². The Morgan fingerprint density at radius 1 is 1.33 bits per heavy atom. The van der Waals surface area contributed by atoms with Gasteiger partial charge in [-0.2, -0.15) is 0 Å². The van der Waals surface area contributed by atoms with E-state index >= 15 is 0 Å². The smallest absolute Gasteiger partial charge is 0.264 e. The molecule has 4 rings (SSSR count). The van der Waals surface area contributed by atoms with Gasteiger partial charge >= 0.3 is 0 Å². The number of aromatic nitrogens is 3. The molecule has 27 heavy (non-hydrogen) atoms. The summed E-state index contributed by atoms with van der Waals surface area (Å²) in [7, 11) is 0. The molecule has 1 aliphatic heterocycles. The van der Waals surface area contributed by atoms with Gasteiger partial charge < -0.3 is 9.47 Å². The summed E-state index contributed by atoms with van der Waals surface area (Å²) in [5.74, 6) is 1.07. The van der Waals surface area contributed by atoms with E-state index in [9.17, 15) is 13.6 Å². The van der Waals surface area contributed by atoms with E-state index in [4.69, 9.17) is 21.7 Å². The lowest BCUT2D eigenvalue weighted by atomic mass is 10.1. The molecule has 0 saturated carbocycles. The van der Waals surface area contributed by atoms with E-state index in [-0.39, 0.29) is 34.8 Å². The molecule has 3 heterocycles. The number of hydrogen-bond donors (Lipinski definition) is 1. The highest BCUT2D eigenvalue weighted by Crippen LogP contribution is 2.37. The third kappa shape index (κ3) is 2.89. The van der Waals surface area contributed by atoms with Crippen molar-refractivity contribution < 1.29 is 18.3 Å². The maximum Gasteiger partial charge on any atom is 0.264 e. The van der Waals surface area contributed by atoms with Crippen LogP contribution in [0, 0.1) is 4.77 Å². The van der Waals surface area contributed by atoms with Gasteiger partial charge in [-0.3, -0.25) is 14.3 Å². The molecular weight excluding hydrogens is 376 g/mol. The van der Waals surface area contributed by atoms with Crippen molar-refractivity contribution in [1.29, 1.82) is 0 Å². The fourth-order valence-electron chi connectivity index (χ4n) is 2.98. The molecule has 1 N–H and O–H groups in total. The number of H-pyrrole nitrogens is 1. The Morgan fingerprint density at radius 2 is 2.11 bits per heavy atom. The van der Waals surface area contributed by atoms with E-state index in [1.807, 2.05) is 0 Å². The fourth-order valence-corrected chi connectivity index (χ4v) is 3.23. The molecule has 0 aliphatic carbocycles. The van der Waals surface area contributed by atoms with Crippen LogP contribution in [-0.2, 0) is 6.54 Å². The number of aromatic amines is 1. The second-order valence-corrected chi connectivity index (χ2v) is 6.21. The number of halogens is 2. The van der Waals surface area contributed by atoms with Crippen LogP contribution in [-0.4, -0.2) is 21.3 Å². The standard InChI is InChI=1S/C18H13F2N3O3S/c1-2-5-23-16-14(17(24)22-18(23)27)10(15(19)20)7-11(21-16)9-3-4-12-13(6-9)26-8-25-12/h2-4,6-7,15H,1,5,8H2,(H,22,24,27). The minimum atomic E-state index is -2.86. The molecule has 1 aliphatic rings. The number of rotatable bonds is 4. The molecule has 2 aromatic heterocycles. The van der Waals surface area contributed by atoms with Crippen LogP contribution in [0.5, 0.6) is 11.5 Å². The number of nitrogens with one attached hydrogen (secondary N) is 1. The Balaban J connectivity index is 2.05. The first-order chi connectivity index (χ1) is 13.0. The number of fused-ring (bicyclic) bond motifs is 2. The third-order valence-electron chi connectivity index (χ3n) is 4.19. The summed E-state index contributed by atoms with van der Waals surface area (Å²) in [6, 6.07) is 6.24. The summed E-state index contributed by atoms with van der Waals surface area (Å²) in [5, 5.41) is -0.190. The predicted molar refractivity (Wildman–Crippen MR) is 97.9 cm³/mol. The van der Waals surface area contributed by atoms with E-state index in [2.05, 4.69) is 16.5 Å². The molecule has 138 valence electrons. The number of benzene rings is 1. The van der Waals surface area contributed by atoms with Gasteiger partial charge in [-0.05, 0) is 36.5 Å². The molecule has 0 unspecified atom stereocenters. The van der Waals surface area contributed by atoms with Gasteiger partial charge in [-0.15, -0.1) is 6.58 Å². The summed E-state index contributed by atoms with van der Waals surface area (Å²) in [4.78, 5) is 19.2. The number of nitrogens with zero attached hydrogens (tertiary/aromatic N) is 2. The predicted octanol–water partition coefficient (Wildman–Crippen LogP) is 3.97. The summed E-state index contributed by atoms with van der Waals surface area (Å²) in [5.41, 5.74) is -0.209. The molecule has 0 fully saturated rings. The second-order valence-electron chi connectivity index (χ2n) is 5.82. The Labute approximate surface area is 156 Å². The highest BCUT2D eigenvalue weighted by molar-refractivity contribution is 7.71. The molecule has 0 bridgehead atoms. The first-order valence-electron chi connectivity index (χ1n) is 7.96. The van der Waals surface area contributed by atoms with E-state index in [0.717, 1.165) is 0 Å². The van der Waals surface area contributed by atoms with Gasteiger partial charge in [0, 0.05) is 17.7 Å². The van der Waals surface area contributed by atoms with Crippen molar-refractivity contribution in [3.63, 3.8) is 0 Å². The average Bonchev–Trinajstić information content (AvgIpc) is 3.11. The molecule has 0 saturated heterocycles. The highest BCUT2D eigenvalue weighted by atomic mass is 32.1. The maximum absolute atomic E-state index is 13.7. The number of ether oxygens (including phenoxy) is 2. The molecule has 3 aromatic rings. The highest BCUT2D eigenvalue weighted by Gasteiger charge is 2.21. The molecule has 0 spiro atoms. The van der Waals surface area contributed by atoms with Crippen LogP contribution in [0.1, 0.15) is 12.0 Å². The van der Waals surface area contributed by atoms with Crippen molar-refractivity contribution >= 4 is 23.3 Å². The van der Waals surface area contributed by atoms with E-state index in [0.29, 0.717) is 17.1 Å². The Kier molecular flexibility index (Phi) is 4.23. The van der Waals surface area contributed by atoms with Crippen LogP contribution >= 0.6 is 12.2 Å². The lowest BCUT2D eigenvalue weighted by Gasteiger charge is -2.13. The average molecular weight is 389 g/mol. The molecule has 6 nitrogen and oxygen atoms in total. The summed E-state index contributed by atoms with van der Waals surface area (Å²) >= 11 is 5.16. The van der Waals surface area contributed by atoms with Crippen molar-refractivity contribution in [2.45, 2.75) is 13.0 Å². The van der Waals surface area contributed by atoms with Gasteiger partial charge in [0.05, 0.1) is 11.1 Å². The maximum atomic E-state index is 13.7. The molecule has 0 radical (unpaired) electrons. The van der Waals surface area contributed by atoms with Crippen LogP contribution < -0.4 is 15.0 Å². The Morgan fingerprint density at radius 3 is 2.85 bits per heavy atom. The fraction of sp³-hybridized carbons (Fsp3) is 0.167. The van der Waals surface area contributed by atoms with Crippen molar-refractivity contribution in [3.05, 3.63) is 57.6 Å². The Hall–Kier alpha value is -3.07. The van der Waals surface area contributed by atoms with Gasteiger partial charge in [-0.1, -0.05) is 6.08 Å². The molecule has 1 aromatic carbocycles. The zero-order valence-corrected chi connectivity index (χ0v) is 14.7. The van der Waals surface area contributed by atoms with Gasteiger partial charge in [0.15, 0.2) is 16.3 Å². The van der Waals surface area contributed by atoms with Crippen molar-refractivity contribution in [1.82, 2.24) is 14.5 Å². The molecule has 9 heteroatoms. The van der Waals surface area contributed by atoms with Gasteiger partial charge in [-0.25, -0.2) is 13.8 Å². The second kappa shape index (κ2) is 6.58. The normalized spacial score (nSPS) is 12.7. The van der Waals surface area contributed by atoms with Crippen molar-refractivity contribution in [2.24, 2.45) is 0 Å². The molecular formula is C18H13F2N3O3S. The van der Waals surface area contributed by atoms with Crippen LogP contribution in [0.3, 0.4) is 0 Å². The number of allylic oxidation sites excluding steroid dienone is 1. The summed E-state index contributed by atoms with van der Waals surface area (Å²) in [6.07, 6.45) is -1.32. The monoisotopic (exact) mass is 389 g/mol. The zero-order valence-electron chi connectivity index (χ0n) is 13.9. The van der Waals surface area contributed by atoms with E-state index in [1.165, 1.54) is 10.6 Å². The number of alkyl halides is 2. The van der Waals surface area contributed by atoms with Crippen molar-refractivity contribution in [2.75, 3.05) is 6.79 Å². The largest absolute Gasteiger partial charge is 0.454 e. The molecule has 0 amide bonds. The van der Waals surface area contributed by atoms with Crippen LogP contribution in [0.2, 0.25) is 0 Å². The lowest BCUT2D eigenvalue weighted by Crippen LogP contribution is -2.17. The molecule has 0 atom stereocenters. The first-order valence-corrected chi connectivity index (χ1v) is 8.37. The number of hydrogen-bond acceptors (Lipinski definition) is 5. The first kappa shape index (κ1) is 17.3. The van der Waals surface area contributed by atoms with Gasteiger partial charge in [0.25, 0.3) is 12.0 Å². The van der Waals surface area contributed by atoms with Crippen LogP contribution in [0.4, 0.5) is 8.78 Å². The Bertz CT molecular complexity index is 1190. The lowest BCUT2D eigenvalue weighted by molar-refractivity contribution is 0.153. The minimum Gasteiger partial charge on any atom is -0.454 e. The van der Waals surface area contributed by atoms with Gasteiger partial charge in [0.1, 0.15) is 5.65 Å². The topological polar surface area (TPSA) is 69.1 Å². The summed E-state index contributed by atoms with van der Waals surface area (Å²) in [6.45, 7) is 3.95. The SMILES string of the molecule is C=CCn1c(=S)[nH]c(=O)c2c(C(F)F)cc(-c3ccc4c(c3)OCO4)nc21. The van der Waals surface area contributed by atoms with Gasteiger partial charge in [0.2, 0.25) is 6.79 Å². The third-order valence-corrected chi connectivity index (χ3v) is 4.52. The minimum absolute atomic E-state index is 0.0779. The van der Waals surface area contributed by atoms with Crippen LogP contribution in [0.15, 0.2) is 41.7 Å². The number of pyridine rings is 1. The van der Waals surface area contributed by atoms with Crippen LogP contribution in [0.25, 0.3) is 22.3 Å². The van der Waals surface area contributed by atoms with Crippen molar-refractivity contribution in [3.8, 4) is 22.8 Å². The van der Waals surface area contributed by atoms with E-state index in [1.54, 1.807) is 24.3 Å². The summed E-state index contributed by atoms with van der Waals surface area (Å²) < 4.78 is 39.6. The zero-order chi connectivity index (χ0) is 19.1.